The van der Waals surface area contributed by atoms with Gasteiger partial charge in [0.15, 0.2) is 0 Å². The highest BCUT2D eigenvalue weighted by atomic mass is 35.5. The number of hydrogen-bond acceptors (Lipinski definition) is 2. The third kappa shape index (κ3) is 3.20. The Morgan fingerprint density at radius 2 is 2.27 bits per heavy atom. The van der Waals surface area contributed by atoms with E-state index in [9.17, 15) is 9.18 Å². The predicted molar refractivity (Wildman–Crippen MR) is 56.4 cm³/mol. The minimum atomic E-state index is -1.15. The summed E-state index contributed by atoms with van der Waals surface area (Å²) in [4.78, 5) is 10.1. The molecule has 1 unspecified atom stereocenters. The van der Waals surface area contributed by atoms with Crippen LogP contribution in [0, 0.1) is 5.82 Å². The van der Waals surface area contributed by atoms with Crippen molar-refractivity contribution >= 4 is 17.6 Å². The molecule has 1 atom stereocenters. The Balaban J connectivity index is 2.81. The summed E-state index contributed by atoms with van der Waals surface area (Å²) in [5.41, 5.74) is 0.665. The molecule has 1 aromatic rings. The number of carbonyl (C=O) groups is 1. The van der Waals surface area contributed by atoms with Gasteiger partial charge in [0.2, 0.25) is 0 Å². The topological polar surface area (TPSA) is 26.3 Å². The van der Waals surface area contributed by atoms with Gasteiger partial charge in [-0.1, -0.05) is 12.1 Å². The Morgan fingerprint density at radius 3 is 2.80 bits per heavy atom. The highest BCUT2D eigenvalue weighted by Crippen LogP contribution is 2.22. The van der Waals surface area contributed by atoms with Crippen LogP contribution in [-0.4, -0.2) is 18.0 Å². The van der Waals surface area contributed by atoms with Gasteiger partial charge in [-0.3, -0.25) is 4.79 Å². The van der Waals surface area contributed by atoms with E-state index in [1.54, 1.807) is 19.1 Å². The molecule has 4 heteroatoms. The summed E-state index contributed by atoms with van der Waals surface area (Å²) in [7, 11) is 1.27. The maximum Gasteiger partial charge on any atom is 0.326 e. The fourth-order valence-corrected chi connectivity index (χ4v) is 1.55. The van der Waals surface area contributed by atoms with Gasteiger partial charge in [-0.2, -0.15) is 0 Å². The number of rotatable bonds is 3. The average molecular weight is 231 g/mol. The number of halogens is 2. The zero-order valence-corrected chi connectivity index (χ0v) is 9.34. The second kappa shape index (κ2) is 4.62. The number of carbonyl (C=O) groups excluding carboxylic acids is 1. The van der Waals surface area contributed by atoms with Gasteiger partial charge in [0.1, 0.15) is 10.7 Å². The third-order valence-electron chi connectivity index (χ3n) is 2.04. The van der Waals surface area contributed by atoms with E-state index in [0.29, 0.717) is 5.56 Å². The number of benzene rings is 1. The first kappa shape index (κ1) is 12.0. The molecule has 0 aliphatic heterocycles. The van der Waals surface area contributed by atoms with E-state index in [0.717, 1.165) is 0 Å². The largest absolute Gasteiger partial charge is 0.468 e. The van der Waals surface area contributed by atoms with Gasteiger partial charge in [0.25, 0.3) is 0 Å². The van der Waals surface area contributed by atoms with Crippen LogP contribution < -0.4 is 0 Å². The van der Waals surface area contributed by atoms with E-state index in [1.165, 1.54) is 19.2 Å². The normalized spacial score (nSPS) is 14.4. The second-order valence-corrected chi connectivity index (χ2v) is 4.33. The minimum absolute atomic E-state index is 0.235. The van der Waals surface area contributed by atoms with Crippen molar-refractivity contribution in [2.75, 3.05) is 7.11 Å². The molecule has 1 aromatic carbocycles. The zero-order chi connectivity index (χ0) is 11.5. The van der Waals surface area contributed by atoms with Crippen LogP contribution in [0.25, 0.3) is 0 Å². The van der Waals surface area contributed by atoms with Crippen molar-refractivity contribution in [2.24, 2.45) is 0 Å². The molecule has 1 rings (SSSR count). The van der Waals surface area contributed by atoms with E-state index in [-0.39, 0.29) is 12.2 Å². The fraction of sp³-hybridized carbons (Fsp3) is 0.364. The number of alkyl halides is 1. The van der Waals surface area contributed by atoms with E-state index < -0.39 is 10.8 Å². The van der Waals surface area contributed by atoms with Crippen LogP contribution in [0.3, 0.4) is 0 Å². The summed E-state index contributed by atoms with van der Waals surface area (Å²) in [6, 6.07) is 5.98. The average Bonchev–Trinajstić information content (AvgIpc) is 2.15. The predicted octanol–water partition coefficient (Wildman–Crippen LogP) is 2.54. The van der Waals surface area contributed by atoms with Gasteiger partial charge in [0.05, 0.1) is 7.11 Å². The molecule has 0 saturated heterocycles. The maximum atomic E-state index is 12.9. The molecule has 0 bridgehead atoms. The van der Waals surface area contributed by atoms with Crippen molar-refractivity contribution in [2.45, 2.75) is 18.2 Å². The van der Waals surface area contributed by atoms with Crippen molar-refractivity contribution in [3.05, 3.63) is 35.6 Å². The summed E-state index contributed by atoms with van der Waals surface area (Å²) in [6.07, 6.45) is 0.235. The first-order chi connectivity index (χ1) is 6.95. The van der Waals surface area contributed by atoms with Crippen molar-refractivity contribution in [3.8, 4) is 0 Å². The molecule has 0 saturated carbocycles. The minimum Gasteiger partial charge on any atom is -0.468 e. The Morgan fingerprint density at radius 1 is 1.60 bits per heavy atom. The SMILES string of the molecule is COC(=O)C(C)(Cl)Cc1cccc(F)c1. The molecule has 0 heterocycles. The fourth-order valence-electron chi connectivity index (χ4n) is 1.32. The van der Waals surface area contributed by atoms with Crippen molar-refractivity contribution in [1.82, 2.24) is 0 Å². The summed E-state index contributed by atoms with van der Waals surface area (Å²) >= 11 is 5.98. The molecule has 0 radical (unpaired) electrons. The molecule has 0 spiro atoms. The number of esters is 1. The van der Waals surface area contributed by atoms with Gasteiger partial charge in [0, 0.05) is 6.42 Å². The molecule has 15 heavy (non-hydrogen) atoms. The van der Waals surface area contributed by atoms with E-state index in [1.807, 2.05) is 0 Å². The standard InChI is InChI=1S/C11H12ClFO2/c1-11(12,10(14)15-2)7-8-4-3-5-9(13)6-8/h3-6H,7H2,1-2H3. The zero-order valence-electron chi connectivity index (χ0n) is 8.59. The highest BCUT2D eigenvalue weighted by Gasteiger charge is 2.31. The monoisotopic (exact) mass is 230 g/mol. The van der Waals surface area contributed by atoms with Gasteiger partial charge in [-0.05, 0) is 24.6 Å². The lowest BCUT2D eigenvalue weighted by molar-refractivity contribution is -0.143. The van der Waals surface area contributed by atoms with E-state index in [2.05, 4.69) is 4.74 Å². The Hall–Kier alpha value is -1.09. The molecule has 0 aliphatic rings. The van der Waals surface area contributed by atoms with Crippen LogP contribution in [0.15, 0.2) is 24.3 Å². The quantitative estimate of drug-likeness (QED) is 0.589. The molecule has 0 aromatic heterocycles. The van der Waals surface area contributed by atoms with Gasteiger partial charge < -0.3 is 4.74 Å². The van der Waals surface area contributed by atoms with Crippen molar-refractivity contribution in [1.29, 1.82) is 0 Å². The van der Waals surface area contributed by atoms with Gasteiger partial charge in [-0.15, -0.1) is 11.6 Å². The molecule has 0 fully saturated rings. The van der Waals surface area contributed by atoms with Gasteiger partial charge in [-0.25, -0.2) is 4.39 Å². The Bertz CT molecular complexity index is 363. The summed E-state index contributed by atoms with van der Waals surface area (Å²) < 4.78 is 17.4. The lowest BCUT2D eigenvalue weighted by Gasteiger charge is -2.18. The highest BCUT2D eigenvalue weighted by molar-refractivity contribution is 6.33. The van der Waals surface area contributed by atoms with Crippen LogP contribution in [0.2, 0.25) is 0 Å². The lowest BCUT2D eigenvalue weighted by Crippen LogP contribution is -2.32. The van der Waals surface area contributed by atoms with Crippen LogP contribution >= 0.6 is 11.6 Å². The summed E-state index contributed by atoms with van der Waals surface area (Å²) in [6.45, 7) is 1.55. The molecule has 0 N–H and O–H groups in total. The Kier molecular flexibility index (Phi) is 3.69. The van der Waals surface area contributed by atoms with Crippen molar-refractivity contribution < 1.29 is 13.9 Å². The molecule has 2 nitrogen and oxygen atoms in total. The first-order valence-corrected chi connectivity index (χ1v) is 4.85. The smallest absolute Gasteiger partial charge is 0.326 e. The van der Waals surface area contributed by atoms with Gasteiger partial charge >= 0.3 is 5.97 Å². The van der Waals surface area contributed by atoms with Crippen LogP contribution in [-0.2, 0) is 16.0 Å². The number of hydrogen-bond donors (Lipinski definition) is 0. The van der Waals surface area contributed by atoms with Crippen LogP contribution in [0.4, 0.5) is 4.39 Å². The number of ether oxygens (including phenoxy) is 1. The van der Waals surface area contributed by atoms with E-state index in [4.69, 9.17) is 11.6 Å². The molecular formula is C11H12ClFO2. The lowest BCUT2D eigenvalue weighted by atomic mass is 10.0. The first-order valence-electron chi connectivity index (χ1n) is 4.47. The molecule has 0 aliphatic carbocycles. The van der Waals surface area contributed by atoms with Crippen molar-refractivity contribution in [3.63, 3.8) is 0 Å². The van der Waals surface area contributed by atoms with Crippen LogP contribution in [0.1, 0.15) is 12.5 Å². The van der Waals surface area contributed by atoms with E-state index >= 15 is 0 Å². The molecular weight excluding hydrogens is 219 g/mol. The number of methoxy groups -OCH3 is 1. The summed E-state index contributed by atoms with van der Waals surface area (Å²) in [5, 5.41) is 0. The molecule has 82 valence electrons. The third-order valence-corrected chi connectivity index (χ3v) is 2.32. The summed E-state index contributed by atoms with van der Waals surface area (Å²) in [5.74, 6) is -0.863. The molecule has 0 amide bonds. The Labute approximate surface area is 93.0 Å². The maximum absolute atomic E-state index is 12.9. The van der Waals surface area contributed by atoms with Crippen LogP contribution in [0.5, 0.6) is 0 Å². The second-order valence-electron chi connectivity index (χ2n) is 3.50.